The molecule has 0 aliphatic rings. The molecule has 149 heavy (non-hydrogen) atoms. The van der Waals surface area contributed by atoms with Gasteiger partial charge in [-0.3, -0.25) is 46.3 Å². The van der Waals surface area contributed by atoms with Crippen molar-refractivity contribution in [3.05, 3.63) is 516 Å². The number of fused-ring (bicyclic) bond motifs is 32. The van der Waals surface area contributed by atoms with E-state index >= 15 is 0 Å². The Balaban J connectivity index is 0.000000101. The van der Waals surface area contributed by atoms with Crippen LogP contribution in [0.25, 0.3) is 231 Å². The minimum Gasteiger partial charge on any atom is -0.310 e. The van der Waals surface area contributed by atoms with Gasteiger partial charge >= 0.3 is 0 Å². The van der Waals surface area contributed by atoms with E-state index in [1.807, 2.05) is 49.1 Å². The fourth-order valence-corrected chi connectivity index (χ4v) is 24.4. The quantitative estimate of drug-likeness (QED) is 0.114. The summed E-state index contributed by atoms with van der Waals surface area (Å²) in [6.07, 6.45) is 7.51. The molecule has 0 N–H and O–H groups in total. The molecule has 0 spiro atoms. The summed E-state index contributed by atoms with van der Waals surface area (Å²) in [5, 5.41) is 18.3. The van der Waals surface area contributed by atoms with Crippen molar-refractivity contribution in [1.29, 1.82) is 0 Å². The first-order valence-corrected chi connectivity index (χ1v) is 50.7. The lowest BCUT2D eigenvalue weighted by Crippen LogP contribution is -2.11. The standard InChI is InChI=1S/C48H29N5.C48H31N3.C40H25N5/c1-2-14-34(15-3-1)51(35-22-20-31(21-23-35)37-17-6-11-30-10-4-5-16-36(30)37)42-18-7-19-43-47(42)53-45-27-33-13-9-25-50-41(33)29-39(45)46-38-28-40-32(12-8-24-49-40)26-44(38)52(43)48(46)53;1-3-12-32(13-4-1)34-22-26-37(27-23-34)49(38-28-24-35(25-29-38)33-14-5-2-6-15-33)44-21-11-16-36-30-45-46(31-41(36)44)51-43-20-10-8-18-40(43)47-39-17-7-9-19-42(39)50(45)48(47)51;1-2-12-28(13-3-1)43(29-22-20-27(21-23-29)31-15-6-11-26-10-4-5-14-30(26)31)34-16-7-17-35-39(34)45-33-19-9-25-42-38(33)36-37-32(18-8-24-41-37)44(35)40(36)45/h1-29H;1-31H;1-25H. The van der Waals surface area contributed by atoms with Gasteiger partial charge in [-0.25, -0.2) is 0 Å². The number of nitrogens with zero attached hydrogens (tertiary/aromatic N) is 13. The molecule has 0 saturated carbocycles. The lowest BCUT2D eigenvalue weighted by molar-refractivity contribution is 1.25. The smallest absolute Gasteiger partial charge is 0.135 e. The van der Waals surface area contributed by atoms with E-state index in [9.17, 15) is 0 Å². The molecule has 0 radical (unpaired) electrons. The molecular weight excluding hydrogens is 1820 g/mol. The molecule has 20 aromatic carbocycles. The van der Waals surface area contributed by atoms with Crippen LogP contribution in [0.15, 0.2) is 516 Å². The van der Waals surface area contributed by atoms with Gasteiger partial charge in [-0.15, -0.1) is 0 Å². The van der Waals surface area contributed by atoms with Gasteiger partial charge < -0.3 is 14.7 Å². The van der Waals surface area contributed by atoms with Gasteiger partial charge in [0, 0.05) is 107 Å². The lowest BCUT2D eigenvalue weighted by atomic mass is 9.98. The molecule has 13 heteroatoms. The Bertz CT molecular complexity index is 11000. The van der Waals surface area contributed by atoms with Crippen molar-refractivity contribution in [3.63, 3.8) is 0 Å². The van der Waals surface area contributed by atoms with E-state index in [4.69, 9.17) is 19.9 Å². The topological polar surface area (TPSA) is 87.7 Å². The molecule has 0 fully saturated rings. The van der Waals surface area contributed by atoms with Gasteiger partial charge in [-0.05, 0) is 259 Å². The molecule has 0 unspecified atom stereocenters. The molecule has 694 valence electrons. The molecule has 33 rings (SSSR count). The van der Waals surface area contributed by atoms with Gasteiger partial charge in [-0.1, -0.05) is 303 Å². The molecule has 0 aliphatic carbocycles. The molecule has 13 nitrogen and oxygen atoms in total. The summed E-state index contributed by atoms with van der Waals surface area (Å²) in [5.41, 5.74) is 41.1. The SMILES string of the molecule is c1ccc(-c2ccc(N(c3ccc(-c4ccccc4)cc3)c3cccc4cc5c(cc34)n3c4ccccc4c4c6ccccc6n5c43)cc2)cc1.c1ccc(N(c2ccc(-c3cccc4ccccc34)cc2)c2cccc3c2n2c4cc5cccnc5cc4c4c5cc6ncccc6cc5n3c42)cc1.c1ccc(N(c2ccc(-c3cccc4ccccc34)cc2)c2cccc3c2n2c4cccnc4c4c5ncccc5n3c42)cc1. The maximum Gasteiger partial charge on any atom is 0.135 e. The van der Waals surface area contributed by atoms with Gasteiger partial charge in [0.25, 0.3) is 0 Å². The zero-order chi connectivity index (χ0) is 97.6. The molecule has 0 aliphatic heterocycles. The Hall–Kier alpha value is -20.3. The Morgan fingerprint density at radius 2 is 0.470 bits per heavy atom. The number of anilines is 9. The second-order valence-electron chi connectivity index (χ2n) is 38.8. The molecule has 0 bridgehead atoms. The van der Waals surface area contributed by atoms with E-state index in [1.165, 1.54) is 148 Å². The van der Waals surface area contributed by atoms with E-state index in [2.05, 4.69) is 508 Å². The fourth-order valence-electron chi connectivity index (χ4n) is 24.4. The zero-order valence-corrected chi connectivity index (χ0v) is 80.4. The van der Waals surface area contributed by atoms with Crippen LogP contribution in [0, 0.1) is 0 Å². The lowest BCUT2D eigenvalue weighted by Gasteiger charge is -2.27. The number of para-hydroxylation sites is 6. The van der Waals surface area contributed by atoms with Gasteiger partial charge in [0.15, 0.2) is 0 Å². The van der Waals surface area contributed by atoms with E-state index in [0.29, 0.717) is 0 Å². The molecule has 33 aromatic rings. The Labute approximate surface area is 852 Å². The third-order valence-electron chi connectivity index (χ3n) is 30.8. The number of aromatic nitrogens is 10. The average Bonchev–Trinajstić information content (AvgIpc) is 1.52. The summed E-state index contributed by atoms with van der Waals surface area (Å²) in [6, 6.07) is 177. The molecule has 13 heterocycles. The van der Waals surface area contributed by atoms with Crippen LogP contribution in [0.3, 0.4) is 0 Å². The number of pyridine rings is 4. The van der Waals surface area contributed by atoms with Crippen molar-refractivity contribution in [2.45, 2.75) is 0 Å². The van der Waals surface area contributed by atoms with Crippen LogP contribution in [0.4, 0.5) is 51.2 Å². The normalized spacial score (nSPS) is 12.0. The minimum atomic E-state index is 0.973. The van der Waals surface area contributed by atoms with Gasteiger partial charge in [-0.2, -0.15) is 0 Å². The predicted molar refractivity (Wildman–Crippen MR) is 621 cm³/mol. The number of benzene rings is 20. The van der Waals surface area contributed by atoms with E-state index in [1.54, 1.807) is 0 Å². The summed E-state index contributed by atoms with van der Waals surface area (Å²) < 4.78 is 14.6. The van der Waals surface area contributed by atoms with Crippen molar-refractivity contribution < 1.29 is 0 Å². The maximum absolute atomic E-state index is 4.86. The predicted octanol–water partition coefficient (Wildman–Crippen LogP) is 35.7. The highest BCUT2D eigenvalue weighted by Crippen LogP contribution is 2.53. The highest BCUT2D eigenvalue weighted by molar-refractivity contribution is 6.29. The second kappa shape index (κ2) is 33.2. The van der Waals surface area contributed by atoms with Gasteiger partial charge in [0.1, 0.15) is 28.0 Å². The Kier molecular flexibility index (Phi) is 18.5. The minimum absolute atomic E-state index is 0.973. The van der Waals surface area contributed by atoms with Gasteiger partial charge in [0.2, 0.25) is 0 Å². The third kappa shape index (κ3) is 12.8. The summed E-state index contributed by atoms with van der Waals surface area (Å²) >= 11 is 0. The zero-order valence-electron chi connectivity index (χ0n) is 80.4. The van der Waals surface area contributed by atoms with Crippen LogP contribution in [-0.2, 0) is 0 Å². The van der Waals surface area contributed by atoms with E-state index in [-0.39, 0.29) is 0 Å². The first-order chi connectivity index (χ1) is 74.0. The Morgan fingerprint density at radius 1 is 0.161 bits per heavy atom. The Morgan fingerprint density at radius 3 is 0.973 bits per heavy atom. The van der Waals surface area contributed by atoms with Gasteiger partial charge in [0.05, 0.1) is 99.7 Å². The van der Waals surface area contributed by atoms with Crippen LogP contribution in [0.5, 0.6) is 0 Å². The molecule has 0 atom stereocenters. The fraction of sp³-hybridized carbons (Fsp3) is 0. The molecule has 0 amide bonds. The van der Waals surface area contributed by atoms with Crippen LogP contribution in [0.2, 0.25) is 0 Å². The molecule has 13 aromatic heterocycles. The highest BCUT2D eigenvalue weighted by Gasteiger charge is 2.33. The number of hydrogen-bond acceptors (Lipinski definition) is 7. The van der Waals surface area contributed by atoms with Crippen molar-refractivity contribution in [3.8, 4) is 44.5 Å². The van der Waals surface area contributed by atoms with Crippen molar-refractivity contribution in [2.75, 3.05) is 14.7 Å². The van der Waals surface area contributed by atoms with E-state index in [0.717, 1.165) is 134 Å². The van der Waals surface area contributed by atoms with Crippen LogP contribution >= 0.6 is 0 Å². The van der Waals surface area contributed by atoms with Crippen molar-refractivity contribution >= 4 is 237 Å². The summed E-state index contributed by atoms with van der Waals surface area (Å²) in [6.45, 7) is 0. The number of imidazole rings is 3. The first kappa shape index (κ1) is 83.3. The summed E-state index contributed by atoms with van der Waals surface area (Å²) in [5.74, 6) is 0. The number of rotatable bonds is 13. The summed E-state index contributed by atoms with van der Waals surface area (Å²) in [4.78, 5) is 26.4. The van der Waals surface area contributed by atoms with Crippen LogP contribution in [-0.4, -0.2) is 46.3 Å². The molecular formula is C136H85N13. The third-order valence-corrected chi connectivity index (χ3v) is 30.8. The van der Waals surface area contributed by atoms with E-state index < -0.39 is 0 Å². The van der Waals surface area contributed by atoms with Crippen LogP contribution in [0.1, 0.15) is 0 Å². The monoisotopic (exact) mass is 1900 g/mol. The highest BCUT2D eigenvalue weighted by atomic mass is 15.2. The maximum atomic E-state index is 4.86. The van der Waals surface area contributed by atoms with Crippen molar-refractivity contribution in [1.82, 2.24) is 46.3 Å². The largest absolute Gasteiger partial charge is 0.310 e. The molecule has 0 saturated heterocycles. The van der Waals surface area contributed by atoms with Crippen LogP contribution < -0.4 is 14.7 Å². The second-order valence-corrected chi connectivity index (χ2v) is 38.8. The first-order valence-electron chi connectivity index (χ1n) is 50.7. The average molecular weight is 1900 g/mol. The van der Waals surface area contributed by atoms with Crippen molar-refractivity contribution in [2.24, 2.45) is 0 Å². The number of hydrogen-bond donors (Lipinski definition) is 0. The summed E-state index contributed by atoms with van der Waals surface area (Å²) in [7, 11) is 0.